The molecule has 0 aliphatic rings. The molecule has 0 aliphatic heterocycles. The lowest BCUT2D eigenvalue weighted by atomic mass is 10.1. The highest BCUT2D eigenvalue weighted by molar-refractivity contribution is 5.90. The van der Waals surface area contributed by atoms with Crippen LogP contribution in [-0.2, 0) is 6.42 Å². The van der Waals surface area contributed by atoms with E-state index in [1.54, 1.807) is 6.07 Å². The average molecular weight is 428 g/mol. The number of aromatic nitrogens is 4. The van der Waals surface area contributed by atoms with E-state index < -0.39 is 0 Å². The van der Waals surface area contributed by atoms with Gasteiger partial charge >= 0.3 is 6.03 Å². The van der Waals surface area contributed by atoms with Crippen molar-refractivity contribution in [3.05, 3.63) is 76.4 Å². The molecule has 0 spiro atoms. The number of aromatic amines is 2. The van der Waals surface area contributed by atoms with Crippen molar-refractivity contribution in [3.8, 4) is 11.3 Å². The predicted molar refractivity (Wildman–Crippen MR) is 122 cm³/mol. The van der Waals surface area contributed by atoms with E-state index in [4.69, 9.17) is 4.42 Å². The third kappa shape index (κ3) is 3.71. The number of amides is 2. The Morgan fingerprint density at radius 3 is 2.78 bits per heavy atom. The number of furan rings is 1. The fourth-order valence-electron chi connectivity index (χ4n) is 3.63. The molecular weight excluding hydrogens is 408 g/mol. The Balaban J connectivity index is 1.40. The maximum atomic E-state index is 12.0. The van der Waals surface area contributed by atoms with Gasteiger partial charge in [-0.25, -0.2) is 14.9 Å². The van der Waals surface area contributed by atoms with Crippen molar-refractivity contribution in [1.82, 2.24) is 25.5 Å². The number of benzene rings is 2. The van der Waals surface area contributed by atoms with E-state index >= 15 is 0 Å². The predicted octanol–water partition coefficient (Wildman–Crippen LogP) is 3.79. The molecule has 0 saturated heterocycles. The first kappa shape index (κ1) is 19.6. The maximum absolute atomic E-state index is 12.0. The summed E-state index contributed by atoms with van der Waals surface area (Å²) in [6, 6.07) is 16.6. The molecule has 4 N–H and O–H groups in total. The zero-order chi connectivity index (χ0) is 22.1. The second-order valence-electron chi connectivity index (χ2n) is 7.29. The first-order valence-corrected chi connectivity index (χ1v) is 10.2. The van der Waals surface area contributed by atoms with Crippen molar-refractivity contribution in [3.63, 3.8) is 0 Å². The van der Waals surface area contributed by atoms with Crippen LogP contribution in [0.25, 0.3) is 33.1 Å². The molecule has 0 aliphatic carbocycles. The number of imidazole rings is 1. The van der Waals surface area contributed by atoms with Crippen molar-refractivity contribution in [2.24, 2.45) is 0 Å². The van der Waals surface area contributed by atoms with E-state index in [-0.39, 0.29) is 11.6 Å². The van der Waals surface area contributed by atoms with Gasteiger partial charge < -0.3 is 14.7 Å². The molecule has 9 heteroatoms. The van der Waals surface area contributed by atoms with Crippen molar-refractivity contribution in [1.29, 1.82) is 0 Å². The highest BCUT2D eigenvalue weighted by Crippen LogP contribution is 2.27. The van der Waals surface area contributed by atoms with E-state index in [1.807, 2.05) is 55.5 Å². The summed E-state index contributed by atoms with van der Waals surface area (Å²) in [6.45, 7) is 2.37. The lowest BCUT2D eigenvalue weighted by Crippen LogP contribution is -2.28. The number of urea groups is 1. The van der Waals surface area contributed by atoms with Crippen molar-refractivity contribution >= 4 is 33.8 Å². The normalized spacial score (nSPS) is 11.2. The van der Waals surface area contributed by atoms with Gasteiger partial charge in [0, 0.05) is 17.5 Å². The molecule has 3 aromatic heterocycles. The Morgan fingerprint density at radius 1 is 1.09 bits per heavy atom. The van der Waals surface area contributed by atoms with Crippen LogP contribution in [-0.4, -0.2) is 32.7 Å². The van der Waals surface area contributed by atoms with Gasteiger partial charge in [-0.15, -0.1) is 0 Å². The monoisotopic (exact) mass is 428 g/mol. The number of fused-ring (bicyclic) bond motifs is 2. The minimum atomic E-state index is -0.314. The molecule has 2 amide bonds. The van der Waals surface area contributed by atoms with Crippen LogP contribution in [0.15, 0.2) is 63.8 Å². The third-order valence-corrected chi connectivity index (χ3v) is 5.11. The molecule has 0 saturated carbocycles. The van der Waals surface area contributed by atoms with E-state index in [2.05, 4.69) is 30.8 Å². The number of anilines is 1. The lowest BCUT2D eigenvalue weighted by molar-refractivity contribution is 0.252. The highest BCUT2D eigenvalue weighted by atomic mass is 16.3. The van der Waals surface area contributed by atoms with Crippen LogP contribution in [0.3, 0.4) is 0 Å². The number of nitrogens with one attached hydrogen (secondary N) is 4. The van der Waals surface area contributed by atoms with Gasteiger partial charge in [-0.2, -0.15) is 5.10 Å². The number of rotatable bonds is 5. The summed E-state index contributed by atoms with van der Waals surface area (Å²) in [6.07, 6.45) is 0.449. The third-order valence-electron chi connectivity index (χ3n) is 5.11. The Morgan fingerprint density at radius 2 is 1.94 bits per heavy atom. The minimum Gasteiger partial charge on any atom is -0.461 e. The first-order valence-electron chi connectivity index (χ1n) is 10.2. The van der Waals surface area contributed by atoms with E-state index in [9.17, 15) is 9.59 Å². The highest BCUT2D eigenvalue weighted by Gasteiger charge is 2.12. The Bertz CT molecular complexity index is 1500. The van der Waals surface area contributed by atoms with Crippen LogP contribution < -0.4 is 16.2 Å². The maximum Gasteiger partial charge on any atom is 0.321 e. The van der Waals surface area contributed by atoms with Crippen LogP contribution in [0.2, 0.25) is 0 Å². The second kappa shape index (κ2) is 8.03. The van der Waals surface area contributed by atoms with Gasteiger partial charge in [0.1, 0.15) is 11.5 Å². The van der Waals surface area contributed by atoms with E-state index in [0.717, 1.165) is 33.4 Å². The molecule has 160 valence electrons. The molecule has 0 bridgehead atoms. The molecule has 0 radical (unpaired) electrons. The second-order valence-corrected chi connectivity index (χ2v) is 7.29. The number of carbonyl (C=O) groups excluding carboxylic acids is 1. The van der Waals surface area contributed by atoms with E-state index in [1.165, 1.54) is 0 Å². The molecule has 3 heterocycles. The van der Waals surface area contributed by atoms with Crippen LogP contribution in [0.5, 0.6) is 0 Å². The zero-order valence-corrected chi connectivity index (χ0v) is 17.2. The molecule has 32 heavy (non-hydrogen) atoms. The van der Waals surface area contributed by atoms with Crippen LogP contribution in [0.1, 0.15) is 18.4 Å². The van der Waals surface area contributed by atoms with Crippen LogP contribution >= 0.6 is 0 Å². The number of carbonyl (C=O) groups is 1. The van der Waals surface area contributed by atoms with Crippen LogP contribution in [0, 0.1) is 0 Å². The van der Waals surface area contributed by atoms with Gasteiger partial charge in [-0.3, -0.25) is 10.1 Å². The Labute approximate surface area is 181 Å². The number of hydrogen-bond acceptors (Lipinski definition) is 5. The summed E-state index contributed by atoms with van der Waals surface area (Å²) >= 11 is 0. The first-order chi connectivity index (χ1) is 15.6. The summed E-state index contributed by atoms with van der Waals surface area (Å²) in [5, 5.41) is 13.5. The van der Waals surface area contributed by atoms with Crippen molar-refractivity contribution in [2.75, 3.05) is 11.9 Å². The van der Waals surface area contributed by atoms with Gasteiger partial charge in [-0.1, -0.05) is 18.2 Å². The number of nitrogens with zero attached hydrogens (tertiary/aromatic N) is 2. The van der Waals surface area contributed by atoms with Crippen LogP contribution in [0.4, 0.5) is 10.7 Å². The molecule has 2 aromatic carbocycles. The molecule has 5 rings (SSSR count). The molecule has 0 unspecified atom stereocenters. The quantitative estimate of drug-likeness (QED) is 0.338. The Hall–Kier alpha value is -4.40. The fourth-order valence-corrected chi connectivity index (χ4v) is 3.63. The summed E-state index contributed by atoms with van der Waals surface area (Å²) in [7, 11) is 0. The average Bonchev–Trinajstić information content (AvgIpc) is 3.42. The minimum absolute atomic E-state index is 0.210. The van der Waals surface area contributed by atoms with Crippen molar-refractivity contribution < 1.29 is 9.21 Å². The standard InChI is InChI=1S/C23H20N6O3/c1-2-24-23(31)27-22-25-17-9-7-13(11-19(17)26-22)20-10-8-14(32-20)12-18-15-5-3-4-6-16(15)21(30)29-28-18/h3-11H,2,12H2,1H3,(H,29,30)(H3,24,25,26,27,31). The summed E-state index contributed by atoms with van der Waals surface area (Å²) in [5.41, 5.74) is 2.91. The van der Waals surface area contributed by atoms with Gasteiger partial charge in [-0.05, 0) is 43.3 Å². The van der Waals surface area contributed by atoms with Gasteiger partial charge in [0.05, 0.1) is 28.5 Å². The largest absolute Gasteiger partial charge is 0.461 e. The summed E-state index contributed by atoms with van der Waals surface area (Å²) in [5.74, 6) is 1.80. The smallest absolute Gasteiger partial charge is 0.321 e. The number of H-pyrrole nitrogens is 2. The van der Waals surface area contributed by atoms with E-state index in [0.29, 0.717) is 30.1 Å². The number of hydrogen-bond donors (Lipinski definition) is 4. The fraction of sp³-hybridized carbons (Fsp3) is 0.130. The zero-order valence-electron chi connectivity index (χ0n) is 17.2. The van der Waals surface area contributed by atoms with Gasteiger partial charge in [0.25, 0.3) is 5.56 Å². The van der Waals surface area contributed by atoms with Gasteiger partial charge in [0.2, 0.25) is 5.95 Å². The Kier molecular flexibility index (Phi) is 4.91. The SMILES string of the molecule is CCNC(=O)Nc1nc2ccc(-c3ccc(Cc4n[nH]c(=O)c5ccccc45)o3)cc2[nH]1. The molecule has 0 atom stereocenters. The lowest BCUT2D eigenvalue weighted by Gasteiger charge is -2.03. The molecular formula is C23H20N6O3. The topological polar surface area (TPSA) is 129 Å². The molecule has 0 fully saturated rings. The summed E-state index contributed by atoms with van der Waals surface area (Å²) < 4.78 is 6.06. The summed E-state index contributed by atoms with van der Waals surface area (Å²) in [4.78, 5) is 31.2. The molecule has 9 nitrogen and oxygen atoms in total. The van der Waals surface area contributed by atoms with Gasteiger partial charge in [0.15, 0.2) is 0 Å². The van der Waals surface area contributed by atoms with Crippen molar-refractivity contribution in [2.45, 2.75) is 13.3 Å². The molecule has 5 aromatic rings.